The normalized spacial score (nSPS) is 14.9. The van der Waals surface area contributed by atoms with E-state index in [-0.39, 0.29) is 18.6 Å². The van der Waals surface area contributed by atoms with Gasteiger partial charge in [-0.05, 0) is 38.3 Å². The van der Waals surface area contributed by atoms with Gasteiger partial charge in [-0.2, -0.15) is 0 Å². The molecule has 1 aliphatic rings. The van der Waals surface area contributed by atoms with Crippen molar-refractivity contribution in [3.63, 3.8) is 0 Å². The summed E-state index contributed by atoms with van der Waals surface area (Å²) in [7, 11) is 1.57. The summed E-state index contributed by atoms with van der Waals surface area (Å²) < 4.78 is 5.27. The van der Waals surface area contributed by atoms with E-state index < -0.39 is 0 Å². The van der Waals surface area contributed by atoms with Crippen molar-refractivity contribution in [3.8, 4) is 5.75 Å². The van der Waals surface area contributed by atoms with Crippen molar-refractivity contribution in [1.29, 1.82) is 0 Å². The molecule has 1 aliphatic carbocycles. The van der Waals surface area contributed by atoms with Crippen LogP contribution in [0.25, 0.3) is 0 Å². The predicted molar refractivity (Wildman–Crippen MR) is 73.5 cm³/mol. The average Bonchev–Trinajstić information content (AvgIpc) is 2.35. The van der Waals surface area contributed by atoms with Crippen LogP contribution >= 0.6 is 0 Å². The van der Waals surface area contributed by atoms with Crippen LogP contribution in [0.4, 0.5) is 0 Å². The summed E-state index contributed by atoms with van der Waals surface area (Å²) in [5, 5.41) is 9.16. The van der Waals surface area contributed by atoms with E-state index in [1.54, 1.807) is 12.0 Å². The Hall–Kier alpha value is -1.55. The van der Waals surface area contributed by atoms with Crippen molar-refractivity contribution in [1.82, 2.24) is 4.90 Å². The maximum Gasteiger partial charge on any atom is 0.257 e. The maximum atomic E-state index is 12.6. The second-order valence-corrected chi connectivity index (χ2v) is 5.01. The van der Waals surface area contributed by atoms with Crippen molar-refractivity contribution >= 4 is 5.91 Å². The van der Waals surface area contributed by atoms with E-state index in [9.17, 15) is 4.79 Å². The van der Waals surface area contributed by atoms with Gasteiger partial charge in [0, 0.05) is 12.6 Å². The molecule has 1 aromatic carbocycles. The Bertz CT molecular complexity index is 455. The lowest BCUT2D eigenvalue weighted by Crippen LogP contribution is -2.45. The number of aliphatic hydroxyl groups excluding tert-OH is 1. The van der Waals surface area contributed by atoms with E-state index in [0.717, 1.165) is 24.8 Å². The number of ether oxygens (including phenoxy) is 1. The van der Waals surface area contributed by atoms with Crippen LogP contribution < -0.4 is 4.74 Å². The minimum Gasteiger partial charge on any atom is -0.496 e. The van der Waals surface area contributed by atoms with E-state index >= 15 is 0 Å². The second-order valence-electron chi connectivity index (χ2n) is 5.01. The molecule has 0 spiro atoms. The van der Waals surface area contributed by atoms with Gasteiger partial charge in [0.2, 0.25) is 0 Å². The minimum absolute atomic E-state index is 0.00360. The zero-order valence-corrected chi connectivity index (χ0v) is 11.6. The fraction of sp³-hybridized carbons (Fsp3) is 0.533. The number of rotatable bonds is 5. The molecule has 0 unspecified atom stereocenters. The van der Waals surface area contributed by atoms with E-state index in [1.165, 1.54) is 0 Å². The zero-order valence-electron chi connectivity index (χ0n) is 11.6. The first-order valence-corrected chi connectivity index (χ1v) is 6.74. The summed E-state index contributed by atoms with van der Waals surface area (Å²) in [5.74, 6) is 0.553. The molecule has 1 fully saturated rings. The minimum atomic E-state index is -0.0423. The first-order valence-electron chi connectivity index (χ1n) is 6.74. The Kier molecular flexibility index (Phi) is 4.43. The summed E-state index contributed by atoms with van der Waals surface area (Å²) in [6, 6.07) is 5.87. The summed E-state index contributed by atoms with van der Waals surface area (Å²) in [6.07, 6.45) is 3.21. The molecule has 0 atom stereocenters. The molecule has 0 saturated heterocycles. The van der Waals surface area contributed by atoms with Crippen LogP contribution in [-0.2, 0) is 0 Å². The van der Waals surface area contributed by atoms with Gasteiger partial charge in [-0.25, -0.2) is 0 Å². The molecule has 4 nitrogen and oxygen atoms in total. The largest absolute Gasteiger partial charge is 0.496 e. The number of amides is 1. The van der Waals surface area contributed by atoms with Crippen LogP contribution in [0.2, 0.25) is 0 Å². The van der Waals surface area contributed by atoms with Crippen LogP contribution in [0, 0.1) is 6.92 Å². The molecule has 19 heavy (non-hydrogen) atoms. The number of hydrogen-bond acceptors (Lipinski definition) is 3. The van der Waals surface area contributed by atoms with Crippen LogP contribution in [0.5, 0.6) is 5.75 Å². The Labute approximate surface area is 114 Å². The van der Waals surface area contributed by atoms with Crippen LogP contribution in [0.1, 0.15) is 35.2 Å². The Morgan fingerprint density at radius 2 is 2.21 bits per heavy atom. The molecule has 4 heteroatoms. The monoisotopic (exact) mass is 263 g/mol. The molecule has 0 radical (unpaired) electrons. The van der Waals surface area contributed by atoms with Crippen molar-refractivity contribution in [3.05, 3.63) is 29.3 Å². The number of aryl methyl sites for hydroxylation is 1. The summed E-state index contributed by atoms with van der Waals surface area (Å²) >= 11 is 0. The average molecular weight is 263 g/mol. The smallest absolute Gasteiger partial charge is 0.257 e. The lowest BCUT2D eigenvalue weighted by Gasteiger charge is -2.37. The third-order valence-electron chi connectivity index (χ3n) is 3.70. The molecule has 1 aromatic rings. The summed E-state index contributed by atoms with van der Waals surface area (Å²) in [4.78, 5) is 14.4. The predicted octanol–water partition coefficient (Wildman–Crippen LogP) is 1.99. The van der Waals surface area contributed by atoms with Gasteiger partial charge >= 0.3 is 0 Å². The lowest BCUT2D eigenvalue weighted by molar-refractivity contribution is 0.0522. The molecular formula is C15H21NO3. The number of carbonyl (C=O) groups is 1. The third-order valence-corrected chi connectivity index (χ3v) is 3.70. The van der Waals surface area contributed by atoms with E-state index in [0.29, 0.717) is 17.9 Å². The van der Waals surface area contributed by atoms with Gasteiger partial charge in [0.1, 0.15) is 5.75 Å². The first kappa shape index (κ1) is 13.9. The molecule has 1 amide bonds. The molecule has 0 heterocycles. The topological polar surface area (TPSA) is 49.8 Å². The van der Waals surface area contributed by atoms with Gasteiger partial charge in [0.05, 0.1) is 19.3 Å². The van der Waals surface area contributed by atoms with Crippen molar-refractivity contribution < 1.29 is 14.6 Å². The zero-order chi connectivity index (χ0) is 13.8. The van der Waals surface area contributed by atoms with Crippen LogP contribution in [0.15, 0.2) is 18.2 Å². The number of carbonyl (C=O) groups excluding carboxylic acids is 1. The Morgan fingerprint density at radius 1 is 1.47 bits per heavy atom. The van der Waals surface area contributed by atoms with Gasteiger partial charge in [-0.1, -0.05) is 11.6 Å². The summed E-state index contributed by atoms with van der Waals surface area (Å²) in [6.45, 7) is 2.34. The van der Waals surface area contributed by atoms with Crippen molar-refractivity contribution in [2.24, 2.45) is 0 Å². The van der Waals surface area contributed by atoms with Crippen LogP contribution in [-0.4, -0.2) is 42.2 Å². The highest BCUT2D eigenvalue weighted by molar-refractivity contribution is 5.97. The SMILES string of the molecule is COc1ccc(C)cc1C(=O)N(CCO)C1CCC1. The van der Waals surface area contributed by atoms with E-state index in [2.05, 4.69) is 0 Å². The lowest BCUT2D eigenvalue weighted by atomic mass is 9.91. The standard InChI is InChI=1S/C15H21NO3/c1-11-6-7-14(19-2)13(10-11)15(18)16(8-9-17)12-4-3-5-12/h6-7,10,12,17H,3-5,8-9H2,1-2H3. The van der Waals surface area contributed by atoms with E-state index in [4.69, 9.17) is 9.84 Å². The van der Waals surface area contributed by atoms with Gasteiger partial charge in [0.25, 0.3) is 5.91 Å². The number of methoxy groups -OCH3 is 1. The van der Waals surface area contributed by atoms with Gasteiger partial charge in [0.15, 0.2) is 0 Å². The van der Waals surface area contributed by atoms with Gasteiger partial charge < -0.3 is 14.7 Å². The molecule has 1 N–H and O–H groups in total. The molecule has 2 rings (SSSR count). The highest BCUT2D eigenvalue weighted by atomic mass is 16.5. The molecule has 0 bridgehead atoms. The van der Waals surface area contributed by atoms with Crippen LogP contribution in [0.3, 0.4) is 0 Å². The number of hydrogen-bond donors (Lipinski definition) is 1. The molecule has 0 aromatic heterocycles. The van der Waals surface area contributed by atoms with Crippen molar-refractivity contribution in [2.75, 3.05) is 20.3 Å². The van der Waals surface area contributed by atoms with Gasteiger partial charge in [-0.15, -0.1) is 0 Å². The molecule has 1 saturated carbocycles. The summed E-state index contributed by atoms with van der Waals surface area (Å²) in [5.41, 5.74) is 1.62. The number of nitrogens with zero attached hydrogens (tertiary/aromatic N) is 1. The van der Waals surface area contributed by atoms with Crippen molar-refractivity contribution in [2.45, 2.75) is 32.2 Å². The fourth-order valence-electron chi connectivity index (χ4n) is 2.40. The highest BCUT2D eigenvalue weighted by Crippen LogP contribution is 2.28. The number of benzene rings is 1. The van der Waals surface area contributed by atoms with E-state index in [1.807, 2.05) is 25.1 Å². The molecule has 104 valence electrons. The Balaban J connectivity index is 2.27. The molecular weight excluding hydrogens is 242 g/mol. The van der Waals surface area contributed by atoms with Gasteiger partial charge in [-0.3, -0.25) is 4.79 Å². The number of aliphatic hydroxyl groups is 1. The first-order chi connectivity index (χ1) is 9.17. The Morgan fingerprint density at radius 3 is 2.74 bits per heavy atom. The highest BCUT2D eigenvalue weighted by Gasteiger charge is 2.30. The maximum absolute atomic E-state index is 12.6. The second kappa shape index (κ2) is 6.06. The third kappa shape index (κ3) is 2.89. The quantitative estimate of drug-likeness (QED) is 0.884. The molecule has 0 aliphatic heterocycles. The fourth-order valence-corrected chi connectivity index (χ4v) is 2.40.